The molecule has 2 heteroatoms. The van der Waals surface area contributed by atoms with Gasteiger partial charge in [-0.2, -0.15) is 0 Å². The molecule has 3 saturated carbocycles. The monoisotopic (exact) mass is 384 g/mol. The maximum atomic E-state index is 13.4. The minimum atomic E-state index is -0.0522. The van der Waals surface area contributed by atoms with Gasteiger partial charge >= 0.3 is 0 Å². The molecule has 27 heavy (non-hydrogen) atoms. The Hall–Kier alpha value is -0.760. The zero-order valence-corrected chi connectivity index (χ0v) is 18.1. The Morgan fingerprint density at radius 1 is 1.07 bits per heavy atom. The van der Waals surface area contributed by atoms with Gasteiger partial charge in [-0.25, -0.2) is 0 Å². The van der Waals surface area contributed by atoms with Gasteiger partial charge in [-0.3, -0.25) is 4.79 Å². The van der Waals surface area contributed by atoms with E-state index in [4.69, 9.17) is 0 Å². The third-order valence-electron chi connectivity index (χ3n) is 8.40. The summed E-state index contributed by atoms with van der Waals surface area (Å²) in [7, 11) is 0. The highest BCUT2D eigenvalue weighted by Gasteiger charge is 2.59. The van der Waals surface area contributed by atoms with E-state index in [0.29, 0.717) is 11.7 Å². The Balaban J connectivity index is 1.55. The number of ketones is 1. The van der Waals surface area contributed by atoms with Crippen LogP contribution in [0.5, 0.6) is 0 Å². The SMILES string of the molecule is CCCC1C(CC)CCC2C1CCC1(C)C(=O)C(Sc3ccccc3)CC21. The predicted octanol–water partition coefficient (Wildman–Crippen LogP) is 7.01. The van der Waals surface area contributed by atoms with Gasteiger partial charge in [0.1, 0.15) is 0 Å². The van der Waals surface area contributed by atoms with Gasteiger partial charge in [-0.1, -0.05) is 58.2 Å². The fraction of sp³-hybridized carbons (Fsp3) is 0.720. The Bertz CT molecular complexity index is 656. The van der Waals surface area contributed by atoms with Crippen LogP contribution >= 0.6 is 11.8 Å². The van der Waals surface area contributed by atoms with E-state index in [-0.39, 0.29) is 10.7 Å². The number of carbonyl (C=O) groups excluding carboxylic acids is 1. The number of hydrogen-bond acceptors (Lipinski definition) is 2. The number of rotatable bonds is 5. The van der Waals surface area contributed by atoms with Crippen LogP contribution in [0, 0.1) is 35.0 Å². The van der Waals surface area contributed by atoms with Gasteiger partial charge in [-0.05, 0) is 73.8 Å². The second kappa shape index (κ2) is 7.93. The highest BCUT2D eigenvalue weighted by Crippen LogP contribution is 2.62. The molecule has 3 fully saturated rings. The van der Waals surface area contributed by atoms with Crippen LogP contribution in [0.2, 0.25) is 0 Å². The quantitative estimate of drug-likeness (QED) is 0.543. The van der Waals surface area contributed by atoms with Crippen LogP contribution in [-0.4, -0.2) is 11.0 Å². The van der Waals surface area contributed by atoms with Gasteiger partial charge in [0, 0.05) is 10.3 Å². The second-order valence-electron chi connectivity index (χ2n) is 9.61. The molecule has 0 N–H and O–H groups in total. The molecule has 3 aliphatic carbocycles. The predicted molar refractivity (Wildman–Crippen MR) is 115 cm³/mol. The first-order chi connectivity index (χ1) is 13.1. The largest absolute Gasteiger partial charge is 0.298 e. The Kier molecular flexibility index (Phi) is 5.74. The minimum Gasteiger partial charge on any atom is -0.298 e. The molecule has 7 unspecified atom stereocenters. The molecule has 148 valence electrons. The third kappa shape index (κ3) is 3.41. The molecular formula is C25H36OS. The lowest BCUT2D eigenvalue weighted by Crippen LogP contribution is -2.47. The van der Waals surface area contributed by atoms with Gasteiger partial charge < -0.3 is 0 Å². The van der Waals surface area contributed by atoms with Crippen LogP contribution in [0.3, 0.4) is 0 Å². The summed E-state index contributed by atoms with van der Waals surface area (Å²) >= 11 is 1.83. The summed E-state index contributed by atoms with van der Waals surface area (Å²) < 4.78 is 0. The first-order valence-electron chi connectivity index (χ1n) is 11.3. The summed E-state index contributed by atoms with van der Waals surface area (Å²) in [5.74, 6) is 4.72. The molecule has 0 amide bonds. The molecule has 1 aromatic rings. The molecule has 0 spiro atoms. The van der Waals surface area contributed by atoms with Crippen molar-refractivity contribution >= 4 is 17.5 Å². The summed E-state index contributed by atoms with van der Waals surface area (Å²) in [5.41, 5.74) is -0.0522. The summed E-state index contributed by atoms with van der Waals surface area (Å²) in [6, 6.07) is 10.6. The molecule has 1 aromatic carbocycles. The minimum absolute atomic E-state index is 0.0522. The Labute approximate surface area is 170 Å². The lowest BCUT2D eigenvalue weighted by atomic mass is 9.51. The number of benzene rings is 1. The summed E-state index contributed by atoms with van der Waals surface area (Å²) in [6.07, 6.45) is 10.4. The van der Waals surface area contributed by atoms with Crippen LogP contribution in [0.15, 0.2) is 35.2 Å². The topological polar surface area (TPSA) is 17.1 Å². The lowest BCUT2D eigenvalue weighted by Gasteiger charge is -2.53. The van der Waals surface area contributed by atoms with Gasteiger partial charge in [0.2, 0.25) is 0 Å². The van der Waals surface area contributed by atoms with E-state index in [2.05, 4.69) is 51.1 Å². The molecule has 0 radical (unpaired) electrons. The summed E-state index contributed by atoms with van der Waals surface area (Å²) in [6.45, 7) is 7.07. The number of Topliss-reactive ketones (excluding diaryl/α,β-unsaturated/α-hetero) is 1. The van der Waals surface area contributed by atoms with Gasteiger partial charge in [0.25, 0.3) is 0 Å². The molecule has 0 aliphatic heterocycles. The highest BCUT2D eigenvalue weighted by atomic mass is 32.2. The summed E-state index contributed by atoms with van der Waals surface area (Å²) in [4.78, 5) is 14.7. The van der Waals surface area contributed by atoms with Crippen LogP contribution in [0.25, 0.3) is 0 Å². The number of carbonyl (C=O) groups is 1. The number of hydrogen-bond donors (Lipinski definition) is 0. The van der Waals surface area contributed by atoms with Crippen molar-refractivity contribution < 1.29 is 4.79 Å². The first-order valence-corrected chi connectivity index (χ1v) is 12.2. The Morgan fingerprint density at radius 3 is 2.56 bits per heavy atom. The molecule has 7 atom stereocenters. The average Bonchev–Trinajstić information content (AvgIpc) is 2.94. The van der Waals surface area contributed by atoms with E-state index in [0.717, 1.165) is 36.5 Å². The maximum Gasteiger partial charge on any atom is 0.152 e. The smallest absolute Gasteiger partial charge is 0.152 e. The van der Waals surface area contributed by atoms with Gasteiger partial charge in [0.15, 0.2) is 5.78 Å². The van der Waals surface area contributed by atoms with Crippen molar-refractivity contribution in [3.63, 3.8) is 0 Å². The van der Waals surface area contributed by atoms with E-state index in [1.165, 1.54) is 43.4 Å². The van der Waals surface area contributed by atoms with Crippen molar-refractivity contribution in [2.45, 2.75) is 82.3 Å². The normalized spacial score (nSPS) is 41.2. The molecule has 4 rings (SSSR count). The van der Waals surface area contributed by atoms with Crippen molar-refractivity contribution in [3.8, 4) is 0 Å². The molecule has 0 heterocycles. The zero-order chi connectivity index (χ0) is 19.0. The lowest BCUT2D eigenvalue weighted by molar-refractivity contribution is -0.132. The first kappa shape index (κ1) is 19.6. The van der Waals surface area contributed by atoms with Crippen LogP contribution in [-0.2, 0) is 4.79 Å². The van der Waals surface area contributed by atoms with Crippen LogP contribution in [0.4, 0.5) is 0 Å². The second-order valence-corrected chi connectivity index (χ2v) is 10.9. The average molecular weight is 385 g/mol. The fourth-order valence-electron chi connectivity index (χ4n) is 7.06. The van der Waals surface area contributed by atoms with Crippen molar-refractivity contribution in [1.29, 1.82) is 0 Å². The standard InChI is InChI=1S/C25H36OS/c1-4-9-19-17(5-2)12-13-21-20(19)14-15-25(3)22(21)16-23(24(25)26)27-18-10-7-6-8-11-18/h6-8,10-11,17,19-23H,4-5,9,12-16H2,1-3H3. The zero-order valence-electron chi connectivity index (χ0n) is 17.3. The Morgan fingerprint density at radius 2 is 1.85 bits per heavy atom. The van der Waals surface area contributed by atoms with E-state index in [1.807, 2.05) is 11.8 Å². The van der Waals surface area contributed by atoms with Crippen molar-refractivity contribution in [3.05, 3.63) is 30.3 Å². The molecular weight excluding hydrogens is 348 g/mol. The van der Waals surface area contributed by atoms with Crippen molar-refractivity contribution in [1.82, 2.24) is 0 Å². The molecule has 0 aromatic heterocycles. The van der Waals surface area contributed by atoms with Crippen molar-refractivity contribution in [2.75, 3.05) is 0 Å². The van der Waals surface area contributed by atoms with E-state index in [1.54, 1.807) is 0 Å². The molecule has 0 bridgehead atoms. The number of thioether (sulfide) groups is 1. The van der Waals surface area contributed by atoms with Crippen molar-refractivity contribution in [2.24, 2.45) is 35.0 Å². The molecule has 3 aliphatic rings. The number of fused-ring (bicyclic) bond motifs is 3. The maximum absolute atomic E-state index is 13.4. The molecule has 1 nitrogen and oxygen atoms in total. The van der Waals surface area contributed by atoms with Crippen LogP contribution in [0.1, 0.15) is 72.1 Å². The van der Waals surface area contributed by atoms with E-state index >= 15 is 0 Å². The molecule has 0 saturated heterocycles. The van der Waals surface area contributed by atoms with Crippen LogP contribution < -0.4 is 0 Å². The van der Waals surface area contributed by atoms with Gasteiger partial charge in [-0.15, -0.1) is 11.8 Å². The van der Waals surface area contributed by atoms with E-state index < -0.39 is 0 Å². The third-order valence-corrected chi connectivity index (χ3v) is 9.64. The van der Waals surface area contributed by atoms with E-state index in [9.17, 15) is 4.79 Å². The fourth-order valence-corrected chi connectivity index (χ4v) is 8.38. The van der Waals surface area contributed by atoms with Gasteiger partial charge in [0.05, 0.1) is 5.25 Å². The summed E-state index contributed by atoms with van der Waals surface area (Å²) in [5, 5.41) is 0.176. The highest BCUT2D eigenvalue weighted by molar-refractivity contribution is 8.00.